The van der Waals surface area contributed by atoms with Crippen LogP contribution in [-0.4, -0.2) is 9.55 Å². The Morgan fingerprint density at radius 3 is 2.45 bits per heavy atom. The zero-order valence-electron chi connectivity index (χ0n) is 12.1. The summed E-state index contributed by atoms with van der Waals surface area (Å²) in [7, 11) is 0. The van der Waals surface area contributed by atoms with Gasteiger partial charge in [0, 0.05) is 11.1 Å². The van der Waals surface area contributed by atoms with Crippen LogP contribution in [0.2, 0.25) is 12.1 Å². The van der Waals surface area contributed by atoms with E-state index in [1.165, 1.54) is 6.32 Å². The highest BCUT2D eigenvalue weighted by atomic mass is 127. The van der Waals surface area contributed by atoms with Crippen molar-refractivity contribution in [1.82, 2.24) is 4.98 Å². The van der Waals surface area contributed by atoms with Crippen LogP contribution in [0.15, 0.2) is 30.3 Å². The second-order valence-electron chi connectivity index (χ2n) is 4.49. The lowest BCUT2D eigenvalue weighted by atomic mass is 10.0. The lowest BCUT2D eigenvalue weighted by Crippen LogP contribution is -1.87. The van der Waals surface area contributed by atoms with Gasteiger partial charge >= 0.3 is 0 Å². The van der Waals surface area contributed by atoms with E-state index in [4.69, 9.17) is 11.0 Å². The Kier molecular flexibility index (Phi) is 6.79. The van der Waals surface area contributed by atoms with Crippen molar-refractivity contribution in [2.75, 3.05) is 5.73 Å². The molecule has 104 valence electrons. The first kappa shape index (κ1) is 16.8. The van der Waals surface area contributed by atoms with Gasteiger partial charge in [0.05, 0.1) is 5.52 Å². The van der Waals surface area contributed by atoms with Crippen molar-refractivity contribution in [2.24, 2.45) is 0 Å². The summed E-state index contributed by atoms with van der Waals surface area (Å²) < 4.78 is 1.02. The summed E-state index contributed by atoms with van der Waals surface area (Å²) in [6.45, 7) is 6.29. The van der Waals surface area contributed by atoms with Crippen LogP contribution in [0.4, 0.5) is 5.69 Å². The monoisotopic (exact) mass is 379 g/mol. The molecule has 3 rings (SSSR count). The Balaban J connectivity index is 0.000000239. The van der Waals surface area contributed by atoms with Crippen molar-refractivity contribution in [2.45, 2.75) is 32.9 Å². The van der Waals surface area contributed by atoms with E-state index in [0.29, 0.717) is 11.4 Å². The fourth-order valence-electron chi connectivity index (χ4n) is 1.48. The highest BCUT2D eigenvalue weighted by Gasteiger charge is 2.33. The number of anilines is 1. The highest BCUT2D eigenvalue weighted by Crippen LogP contribution is 2.40. The van der Waals surface area contributed by atoms with E-state index in [1.54, 1.807) is 12.1 Å². The molecule has 0 aliphatic carbocycles. The summed E-state index contributed by atoms with van der Waals surface area (Å²) in [5.74, 6) is 1.04. The Morgan fingerprint density at radius 1 is 1.35 bits per heavy atom. The first-order chi connectivity index (χ1) is 9.60. The first-order valence-corrected chi connectivity index (χ1v) is 8.05. The van der Waals surface area contributed by atoms with Crippen LogP contribution in [0.3, 0.4) is 0 Å². The molecule has 3 nitrogen and oxygen atoms in total. The van der Waals surface area contributed by atoms with Crippen molar-refractivity contribution < 1.29 is 0 Å². The third-order valence-corrected chi connectivity index (χ3v) is 4.58. The Bertz CT molecular complexity index is 604. The molecule has 2 heterocycles. The number of rotatable bonds is 0. The van der Waals surface area contributed by atoms with Gasteiger partial charge in [-0.1, -0.05) is 32.9 Å². The van der Waals surface area contributed by atoms with Crippen molar-refractivity contribution in [3.63, 3.8) is 0 Å². The fraction of sp³-hybridized carbons (Fsp3) is 0.333. The number of halogens is 1. The number of benzene rings is 1. The Hall–Kier alpha value is -1.29. The normalized spacial score (nSPS) is 15.3. The van der Waals surface area contributed by atoms with Crippen LogP contribution in [0.5, 0.6) is 0 Å². The van der Waals surface area contributed by atoms with E-state index in [1.807, 2.05) is 38.1 Å². The molecule has 1 atom stereocenters. The molecule has 0 radical (unpaired) electrons. The maximum Gasteiger partial charge on any atom is 0.219 e. The maximum atomic E-state index is 8.61. The van der Waals surface area contributed by atoms with Crippen molar-refractivity contribution in [3.8, 4) is 6.07 Å². The number of nitriles is 1. The minimum Gasteiger partial charge on any atom is -0.399 e. The minimum absolute atomic E-state index is 0.428. The summed E-state index contributed by atoms with van der Waals surface area (Å²) in [5, 5.41) is 9.57. The van der Waals surface area contributed by atoms with Gasteiger partial charge < -0.3 is 5.73 Å². The molecule has 1 aliphatic heterocycles. The van der Waals surface area contributed by atoms with E-state index < -0.39 is 0 Å². The maximum absolute atomic E-state index is 8.61. The number of pyridine rings is 1. The fourth-order valence-corrected chi connectivity index (χ4v) is 2.29. The summed E-state index contributed by atoms with van der Waals surface area (Å²) in [4.78, 5) is 4.12. The predicted molar refractivity (Wildman–Crippen MR) is 96.2 cm³/mol. The largest absolute Gasteiger partial charge is 0.399 e. The van der Waals surface area contributed by atoms with Gasteiger partial charge in [-0.3, -0.25) is 0 Å². The second-order valence-corrected chi connectivity index (χ2v) is 6.09. The average molecular weight is 379 g/mol. The molecule has 1 unspecified atom stereocenters. The van der Waals surface area contributed by atoms with Crippen molar-refractivity contribution >= 4 is 43.5 Å². The summed E-state index contributed by atoms with van der Waals surface area (Å²) >= 11 is 2.48. The zero-order valence-corrected chi connectivity index (χ0v) is 14.3. The molecule has 2 N–H and O–H groups in total. The van der Waals surface area contributed by atoms with Crippen LogP contribution in [0.25, 0.3) is 10.9 Å². The molecule has 0 amide bonds. The van der Waals surface area contributed by atoms with E-state index in [-0.39, 0.29) is 0 Å². The topological polar surface area (TPSA) is 62.7 Å². The van der Waals surface area contributed by atoms with Crippen LogP contribution in [-0.2, 0) is 0 Å². The van der Waals surface area contributed by atoms with Gasteiger partial charge in [-0.05, 0) is 30.3 Å². The molecule has 1 saturated heterocycles. The number of nitrogens with zero attached hydrogens (tertiary/aromatic N) is 2. The van der Waals surface area contributed by atoms with Gasteiger partial charge in [-0.15, -0.1) is 22.4 Å². The molecule has 5 heteroatoms. The Morgan fingerprint density at radius 2 is 1.95 bits per heavy atom. The van der Waals surface area contributed by atoms with E-state index in [9.17, 15) is 0 Å². The van der Waals surface area contributed by atoms with Crippen LogP contribution in [0.1, 0.15) is 26.5 Å². The number of fused-ring (bicyclic) bond motifs is 1. The summed E-state index contributed by atoms with van der Waals surface area (Å²) in [6, 6.07) is 10.9. The summed E-state index contributed by atoms with van der Waals surface area (Å²) in [6.07, 6.45) is 1.46. The number of hydrogen-bond acceptors (Lipinski definition) is 3. The average Bonchev–Trinajstić information content (AvgIpc) is 3.14. The molecule has 0 spiro atoms. The number of aromatic nitrogens is 1. The van der Waals surface area contributed by atoms with Gasteiger partial charge in [0.2, 0.25) is 4.57 Å². The molecule has 0 saturated carbocycles. The van der Waals surface area contributed by atoms with Gasteiger partial charge in [0.25, 0.3) is 0 Å². The SMILES string of the molecule is CC.CC1CB1I.N#Cc1ccc2cc(N)ccc2n1. The molecule has 1 aromatic heterocycles. The van der Waals surface area contributed by atoms with E-state index >= 15 is 0 Å². The van der Waals surface area contributed by atoms with Crippen LogP contribution in [0, 0.1) is 11.3 Å². The number of nitrogens with two attached hydrogens (primary N) is 1. The number of nitrogen functional groups attached to an aromatic ring is 1. The molecule has 1 fully saturated rings. The van der Waals surface area contributed by atoms with Gasteiger partial charge in [0.15, 0.2) is 0 Å². The Labute approximate surface area is 134 Å². The van der Waals surface area contributed by atoms with Gasteiger partial charge in [-0.2, -0.15) is 5.26 Å². The number of hydrogen-bond donors (Lipinski definition) is 1. The molecule has 1 aliphatic rings. The van der Waals surface area contributed by atoms with E-state index in [2.05, 4.69) is 34.3 Å². The van der Waals surface area contributed by atoms with Gasteiger partial charge in [-0.25, -0.2) is 4.98 Å². The minimum atomic E-state index is 0.428. The molecular formula is C15H19BIN3. The molecular weight excluding hydrogens is 360 g/mol. The summed E-state index contributed by atoms with van der Waals surface area (Å²) in [5.41, 5.74) is 7.54. The molecule has 1 aromatic carbocycles. The van der Waals surface area contributed by atoms with Gasteiger partial charge in [0.1, 0.15) is 11.8 Å². The van der Waals surface area contributed by atoms with Crippen molar-refractivity contribution in [3.05, 3.63) is 36.0 Å². The smallest absolute Gasteiger partial charge is 0.219 e. The third-order valence-electron chi connectivity index (χ3n) is 2.84. The van der Waals surface area contributed by atoms with Crippen LogP contribution >= 0.6 is 22.4 Å². The standard InChI is InChI=1S/C10H7N3.C3H6BI.C2H6/c11-6-9-3-1-7-5-8(12)2-4-10(7)13-9;1-3-2-4(3)5;1-2/h1-5H,12H2;3H,2H2,1H3;1-2H3. The lowest BCUT2D eigenvalue weighted by Gasteiger charge is -1.98. The lowest BCUT2D eigenvalue weighted by molar-refractivity contribution is 1.21. The molecule has 20 heavy (non-hydrogen) atoms. The molecule has 0 bridgehead atoms. The predicted octanol–water partition coefficient (Wildman–Crippen LogP) is 4.53. The third kappa shape index (κ3) is 5.01. The molecule has 2 aromatic rings. The zero-order chi connectivity index (χ0) is 15.1. The van der Waals surface area contributed by atoms with E-state index in [0.717, 1.165) is 21.3 Å². The van der Waals surface area contributed by atoms with Crippen molar-refractivity contribution in [1.29, 1.82) is 5.26 Å². The first-order valence-electron chi connectivity index (χ1n) is 6.80. The quantitative estimate of drug-likeness (QED) is 0.416. The second kappa shape index (κ2) is 8.10. The highest BCUT2D eigenvalue weighted by molar-refractivity contribution is 14.1. The van der Waals surface area contributed by atoms with Crippen LogP contribution < -0.4 is 5.73 Å².